The molecule has 1 saturated carbocycles. The van der Waals surface area contributed by atoms with Crippen LogP contribution in [0.3, 0.4) is 0 Å². The van der Waals surface area contributed by atoms with Crippen LogP contribution in [-0.2, 0) is 6.54 Å². The Bertz CT molecular complexity index is 415. The second-order valence-electron chi connectivity index (χ2n) is 5.50. The van der Waals surface area contributed by atoms with Crippen LogP contribution in [-0.4, -0.2) is 23.5 Å². The fourth-order valence-electron chi connectivity index (χ4n) is 3.96. The van der Waals surface area contributed by atoms with E-state index in [1.54, 1.807) is 0 Å². The van der Waals surface area contributed by atoms with Crippen molar-refractivity contribution in [1.29, 1.82) is 0 Å². The molecule has 2 nitrogen and oxygen atoms in total. The molecule has 1 saturated heterocycles. The number of fused-ring (bicyclic) bond motifs is 6. The number of hydrogen-bond acceptors (Lipinski definition) is 2. The van der Waals surface area contributed by atoms with E-state index < -0.39 is 0 Å². The first-order valence-corrected chi connectivity index (χ1v) is 6.49. The standard InChI is InChI=1S/C14H18N2/c1-2-4-13-11(3-1)9-16-12-6-5-10(7-12)14(16)8-15-13/h1-4,10,12,14-15H,5-9H2. The third-order valence-electron chi connectivity index (χ3n) is 4.76. The molecule has 1 aromatic rings. The SMILES string of the molecule is c1ccc2c(c1)CN1C3CCC(C3)C1CN2. The highest BCUT2D eigenvalue weighted by molar-refractivity contribution is 5.52. The smallest absolute Gasteiger partial charge is 0.0386 e. The van der Waals surface area contributed by atoms with Crippen molar-refractivity contribution in [2.75, 3.05) is 11.9 Å². The van der Waals surface area contributed by atoms with E-state index in [9.17, 15) is 0 Å². The molecule has 2 bridgehead atoms. The van der Waals surface area contributed by atoms with Crippen molar-refractivity contribution >= 4 is 5.69 Å². The van der Waals surface area contributed by atoms with Crippen LogP contribution in [0.4, 0.5) is 5.69 Å². The lowest BCUT2D eigenvalue weighted by Gasteiger charge is -2.33. The number of piperidine rings is 1. The Labute approximate surface area is 96.6 Å². The highest BCUT2D eigenvalue weighted by atomic mass is 15.3. The van der Waals surface area contributed by atoms with Crippen LogP contribution in [0, 0.1) is 5.92 Å². The topological polar surface area (TPSA) is 15.3 Å². The molecule has 2 aliphatic heterocycles. The molecule has 1 aromatic carbocycles. The van der Waals surface area contributed by atoms with Gasteiger partial charge >= 0.3 is 0 Å². The van der Waals surface area contributed by atoms with E-state index in [0.29, 0.717) is 0 Å². The average molecular weight is 214 g/mol. The Kier molecular flexibility index (Phi) is 1.83. The second-order valence-corrected chi connectivity index (χ2v) is 5.50. The van der Waals surface area contributed by atoms with Crippen LogP contribution >= 0.6 is 0 Å². The first-order valence-electron chi connectivity index (χ1n) is 6.49. The molecule has 3 aliphatic rings. The lowest BCUT2D eigenvalue weighted by atomic mass is 9.99. The average Bonchev–Trinajstić information content (AvgIpc) is 2.84. The monoisotopic (exact) mass is 214 g/mol. The molecule has 0 radical (unpaired) electrons. The molecule has 2 fully saturated rings. The lowest BCUT2D eigenvalue weighted by molar-refractivity contribution is 0.142. The fourth-order valence-corrected chi connectivity index (χ4v) is 3.96. The molecule has 3 unspecified atom stereocenters. The molecule has 1 N–H and O–H groups in total. The van der Waals surface area contributed by atoms with Gasteiger partial charge in [0, 0.05) is 30.9 Å². The molecule has 0 spiro atoms. The largest absolute Gasteiger partial charge is 0.383 e. The predicted molar refractivity (Wildman–Crippen MR) is 65.4 cm³/mol. The lowest BCUT2D eigenvalue weighted by Crippen LogP contribution is -2.42. The number of hydrogen-bond donors (Lipinski definition) is 1. The maximum absolute atomic E-state index is 3.64. The Morgan fingerprint density at radius 3 is 3.12 bits per heavy atom. The van der Waals surface area contributed by atoms with Crippen molar-refractivity contribution in [1.82, 2.24) is 4.90 Å². The predicted octanol–water partition coefficient (Wildman–Crippen LogP) is 2.46. The minimum atomic E-state index is 0.797. The van der Waals surface area contributed by atoms with E-state index in [0.717, 1.165) is 31.1 Å². The van der Waals surface area contributed by atoms with Gasteiger partial charge in [0.2, 0.25) is 0 Å². The molecular weight excluding hydrogens is 196 g/mol. The molecule has 0 amide bonds. The van der Waals surface area contributed by atoms with Crippen LogP contribution in [0.2, 0.25) is 0 Å². The molecule has 4 rings (SSSR count). The van der Waals surface area contributed by atoms with Crippen LogP contribution in [0.1, 0.15) is 24.8 Å². The third-order valence-corrected chi connectivity index (χ3v) is 4.76. The highest BCUT2D eigenvalue weighted by Crippen LogP contribution is 2.44. The van der Waals surface area contributed by atoms with Crippen molar-refractivity contribution in [3.63, 3.8) is 0 Å². The first kappa shape index (κ1) is 9.06. The van der Waals surface area contributed by atoms with Crippen molar-refractivity contribution in [2.45, 2.75) is 37.9 Å². The molecule has 2 heterocycles. The van der Waals surface area contributed by atoms with Crippen LogP contribution < -0.4 is 5.32 Å². The van der Waals surface area contributed by atoms with Crippen LogP contribution in [0.5, 0.6) is 0 Å². The van der Waals surface area contributed by atoms with Crippen molar-refractivity contribution in [3.05, 3.63) is 29.8 Å². The van der Waals surface area contributed by atoms with E-state index >= 15 is 0 Å². The minimum Gasteiger partial charge on any atom is -0.383 e. The summed E-state index contributed by atoms with van der Waals surface area (Å²) >= 11 is 0. The highest BCUT2D eigenvalue weighted by Gasteiger charge is 2.46. The Hall–Kier alpha value is -1.02. The molecule has 1 aliphatic carbocycles. The van der Waals surface area contributed by atoms with Crippen molar-refractivity contribution in [2.24, 2.45) is 5.92 Å². The fraction of sp³-hybridized carbons (Fsp3) is 0.571. The first-order chi connectivity index (χ1) is 7.92. The summed E-state index contributed by atoms with van der Waals surface area (Å²) in [5.74, 6) is 0.965. The number of rotatable bonds is 0. The summed E-state index contributed by atoms with van der Waals surface area (Å²) in [7, 11) is 0. The number of para-hydroxylation sites is 1. The minimum absolute atomic E-state index is 0.797. The number of nitrogens with zero attached hydrogens (tertiary/aromatic N) is 1. The summed E-state index contributed by atoms with van der Waals surface area (Å²) in [6.07, 6.45) is 4.35. The van der Waals surface area contributed by atoms with E-state index in [2.05, 4.69) is 34.5 Å². The van der Waals surface area contributed by atoms with Gasteiger partial charge in [0.25, 0.3) is 0 Å². The zero-order valence-electron chi connectivity index (χ0n) is 9.52. The molecule has 0 aromatic heterocycles. The zero-order valence-corrected chi connectivity index (χ0v) is 9.52. The Morgan fingerprint density at radius 2 is 2.12 bits per heavy atom. The normalized spacial score (nSPS) is 36.4. The molecule has 2 heteroatoms. The van der Waals surface area contributed by atoms with Crippen molar-refractivity contribution in [3.8, 4) is 0 Å². The quantitative estimate of drug-likeness (QED) is 0.713. The summed E-state index contributed by atoms with van der Waals surface area (Å²) in [6.45, 7) is 2.31. The Morgan fingerprint density at radius 1 is 1.19 bits per heavy atom. The molecule has 16 heavy (non-hydrogen) atoms. The maximum Gasteiger partial charge on any atom is 0.0386 e. The van der Waals surface area contributed by atoms with Gasteiger partial charge in [-0.15, -0.1) is 0 Å². The summed E-state index contributed by atoms with van der Waals surface area (Å²) in [6, 6.07) is 10.5. The molecule has 84 valence electrons. The summed E-state index contributed by atoms with van der Waals surface area (Å²) < 4.78 is 0. The van der Waals surface area contributed by atoms with Gasteiger partial charge < -0.3 is 5.32 Å². The zero-order chi connectivity index (χ0) is 10.5. The van der Waals surface area contributed by atoms with Gasteiger partial charge in [0.15, 0.2) is 0 Å². The van der Waals surface area contributed by atoms with E-state index in [-0.39, 0.29) is 0 Å². The summed E-state index contributed by atoms with van der Waals surface area (Å²) in [5.41, 5.74) is 2.84. The second kappa shape index (κ2) is 3.24. The summed E-state index contributed by atoms with van der Waals surface area (Å²) in [4.78, 5) is 2.76. The van der Waals surface area contributed by atoms with Gasteiger partial charge in [0.05, 0.1) is 0 Å². The van der Waals surface area contributed by atoms with Gasteiger partial charge in [-0.25, -0.2) is 0 Å². The number of anilines is 1. The van der Waals surface area contributed by atoms with Gasteiger partial charge in [-0.2, -0.15) is 0 Å². The maximum atomic E-state index is 3.64. The Balaban J connectivity index is 1.71. The van der Waals surface area contributed by atoms with Gasteiger partial charge in [0.1, 0.15) is 0 Å². The van der Waals surface area contributed by atoms with E-state index in [4.69, 9.17) is 0 Å². The molecular formula is C14H18N2. The van der Waals surface area contributed by atoms with Crippen LogP contribution in [0.25, 0.3) is 0 Å². The summed E-state index contributed by atoms with van der Waals surface area (Å²) in [5, 5.41) is 3.64. The molecule has 3 atom stereocenters. The van der Waals surface area contributed by atoms with E-state index in [1.165, 1.54) is 30.5 Å². The number of benzene rings is 1. The van der Waals surface area contributed by atoms with Gasteiger partial charge in [-0.3, -0.25) is 4.90 Å². The van der Waals surface area contributed by atoms with E-state index in [1.807, 2.05) is 0 Å². The van der Waals surface area contributed by atoms with Gasteiger partial charge in [-0.1, -0.05) is 18.2 Å². The van der Waals surface area contributed by atoms with Crippen LogP contribution in [0.15, 0.2) is 24.3 Å². The van der Waals surface area contributed by atoms with Crippen molar-refractivity contribution < 1.29 is 0 Å². The van der Waals surface area contributed by atoms with Gasteiger partial charge in [-0.05, 0) is 36.8 Å². The number of nitrogens with one attached hydrogen (secondary N) is 1. The third kappa shape index (κ3) is 1.17.